The topological polar surface area (TPSA) is 88.6 Å². The first kappa shape index (κ1) is 26.4. The lowest BCUT2D eigenvalue weighted by Crippen LogP contribution is -2.13. The van der Waals surface area contributed by atoms with Crippen LogP contribution >= 0.6 is 0 Å². The maximum absolute atomic E-state index is 15.9. The van der Waals surface area contributed by atoms with Gasteiger partial charge in [-0.2, -0.15) is 18.4 Å². The first-order valence-electron chi connectivity index (χ1n) is 13.0. The number of hydrogen-bond acceptors (Lipinski definition) is 5. The van der Waals surface area contributed by atoms with Crippen LogP contribution in [-0.2, 0) is 28.0 Å². The number of halogens is 4. The minimum Gasteiger partial charge on any atom is -0.343 e. The summed E-state index contributed by atoms with van der Waals surface area (Å²) in [5.74, 6) is -1.05. The third-order valence-corrected chi connectivity index (χ3v) is 9.51. The van der Waals surface area contributed by atoms with Crippen LogP contribution in [0.3, 0.4) is 0 Å². The molecule has 0 saturated heterocycles. The van der Waals surface area contributed by atoms with E-state index in [0.717, 1.165) is 43.5 Å². The summed E-state index contributed by atoms with van der Waals surface area (Å²) in [7, 11) is -3.94. The lowest BCUT2D eigenvalue weighted by Gasteiger charge is -2.16. The van der Waals surface area contributed by atoms with Crippen LogP contribution in [0.5, 0.6) is 0 Å². The number of nitrogens with zero attached hydrogens (tertiary/aromatic N) is 4. The van der Waals surface area contributed by atoms with Crippen molar-refractivity contribution in [2.75, 3.05) is 5.75 Å². The maximum Gasteiger partial charge on any atom is 0.417 e. The molecule has 6 nitrogen and oxygen atoms in total. The standard InChI is InChI=1S/C29H24F4N4O2S/c1-2-40(38,39)23-11-19(18-5-7-20(8-6-18)28(16-34)9-10-28)13-35-25(23)26-24(30)27-22(36-26)12-21(29(31,32)33)15-37(27)14-17-3-4-17/h5-8,11-13,15,17H,2-4,9-10,14H2,1H3. The van der Waals surface area contributed by atoms with E-state index in [-0.39, 0.29) is 40.2 Å². The predicted molar refractivity (Wildman–Crippen MR) is 139 cm³/mol. The number of nitriles is 1. The molecule has 2 saturated carbocycles. The summed E-state index contributed by atoms with van der Waals surface area (Å²) in [5, 5.41) is 9.46. The van der Waals surface area contributed by atoms with Crippen LogP contribution in [0, 0.1) is 23.1 Å². The second kappa shape index (κ2) is 9.13. The van der Waals surface area contributed by atoms with Gasteiger partial charge in [0.25, 0.3) is 0 Å². The number of pyridine rings is 2. The Morgan fingerprint density at radius 3 is 2.38 bits per heavy atom. The summed E-state index contributed by atoms with van der Waals surface area (Å²) in [4.78, 5) is 8.21. The van der Waals surface area contributed by atoms with Gasteiger partial charge in [0.2, 0.25) is 0 Å². The number of rotatable bonds is 7. The molecular weight excluding hydrogens is 544 g/mol. The second-order valence-corrected chi connectivity index (χ2v) is 12.8. The molecule has 0 bridgehead atoms. The van der Waals surface area contributed by atoms with Gasteiger partial charge in [-0.25, -0.2) is 17.8 Å². The van der Waals surface area contributed by atoms with E-state index in [4.69, 9.17) is 0 Å². The van der Waals surface area contributed by atoms with E-state index in [1.54, 1.807) is 12.1 Å². The van der Waals surface area contributed by atoms with Crippen molar-refractivity contribution in [3.8, 4) is 40.0 Å². The highest BCUT2D eigenvalue weighted by molar-refractivity contribution is 7.91. The van der Waals surface area contributed by atoms with Crippen LogP contribution < -0.4 is 0 Å². The van der Waals surface area contributed by atoms with Gasteiger partial charge < -0.3 is 4.57 Å². The quantitative estimate of drug-likeness (QED) is 0.234. The molecule has 4 aliphatic rings. The van der Waals surface area contributed by atoms with Crippen molar-refractivity contribution in [2.24, 2.45) is 5.92 Å². The van der Waals surface area contributed by atoms with E-state index in [2.05, 4.69) is 16.0 Å². The maximum atomic E-state index is 15.9. The monoisotopic (exact) mass is 568 g/mol. The average Bonchev–Trinajstić information content (AvgIpc) is 3.87. The second-order valence-electron chi connectivity index (χ2n) is 10.6. The summed E-state index contributed by atoms with van der Waals surface area (Å²) in [6.45, 7) is 1.65. The highest BCUT2D eigenvalue weighted by atomic mass is 32.2. The van der Waals surface area contributed by atoms with Gasteiger partial charge in [-0.1, -0.05) is 31.2 Å². The Kier molecular flexibility index (Phi) is 6.03. The Labute approximate surface area is 228 Å². The van der Waals surface area contributed by atoms with E-state index in [9.17, 15) is 26.9 Å². The molecule has 11 heteroatoms. The molecule has 3 heterocycles. The van der Waals surface area contributed by atoms with Gasteiger partial charge in [0.1, 0.15) is 17.1 Å². The fourth-order valence-electron chi connectivity index (χ4n) is 5.02. The van der Waals surface area contributed by atoms with Gasteiger partial charge in [0, 0.05) is 24.5 Å². The zero-order chi connectivity index (χ0) is 28.4. The molecule has 0 spiro atoms. The van der Waals surface area contributed by atoms with Crippen LogP contribution in [0.15, 0.2) is 53.7 Å². The van der Waals surface area contributed by atoms with Crippen molar-refractivity contribution in [3.63, 3.8) is 0 Å². The van der Waals surface area contributed by atoms with Crippen LogP contribution in [-0.4, -0.2) is 28.7 Å². The van der Waals surface area contributed by atoms with E-state index in [1.165, 1.54) is 23.8 Å². The van der Waals surface area contributed by atoms with Crippen LogP contribution in [0.25, 0.3) is 33.9 Å². The summed E-state index contributed by atoms with van der Waals surface area (Å²) in [5.41, 5.74) is -0.395. The number of alkyl halides is 3. The molecule has 6 rings (SSSR count). The Morgan fingerprint density at radius 2 is 1.80 bits per heavy atom. The van der Waals surface area contributed by atoms with Gasteiger partial charge in [-0.3, -0.25) is 4.98 Å². The molecular formula is C29H24F4N4O2S. The zero-order valence-electron chi connectivity index (χ0n) is 21.5. The fourth-order valence-corrected chi connectivity index (χ4v) is 6.08. The summed E-state index contributed by atoms with van der Waals surface area (Å²) < 4.78 is 84.4. The van der Waals surface area contributed by atoms with Gasteiger partial charge in [0.15, 0.2) is 15.7 Å². The number of benzene rings is 1. The van der Waals surface area contributed by atoms with Crippen LogP contribution in [0.2, 0.25) is 0 Å². The van der Waals surface area contributed by atoms with Gasteiger partial charge >= 0.3 is 6.18 Å². The van der Waals surface area contributed by atoms with Gasteiger partial charge in [-0.15, -0.1) is 0 Å². The molecule has 2 aliphatic carbocycles. The Hall–Kier alpha value is -3.78. The lowest BCUT2D eigenvalue weighted by molar-refractivity contribution is -0.138. The first-order chi connectivity index (χ1) is 19.0. The van der Waals surface area contributed by atoms with E-state index in [1.807, 2.05) is 12.1 Å². The third kappa shape index (κ3) is 4.54. The molecule has 2 aliphatic heterocycles. The number of fused-ring (bicyclic) bond motifs is 1. The molecule has 2 fully saturated rings. The Morgan fingerprint density at radius 1 is 1.10 bits per heavy atom. The summed E-state index contributed by atoms with van der Waals surface area (Å²) in [6, 6.07) is 11.7. The van der Waals surface area contributed by atoms with Gasteiger partial charge in [-0.05, 0) is 54.9 Å². The first-order valence-corrected chi connectivity index (χ1v) is 14.6. The molecule has 0 amide bonds. The van der Waals surface area contributed by atoms with Gasteiger partial charge in [0.05, 0.1) is 33.4 Å². The number of sulfone groups is 1. The predicted octanol–water partition coefficient (Wildman–Crippen LogP) is 6.63. The fraction of sp³-hybridized carbons (Fsp3) is 0.345. The van der Waals surface area contributed by atoms with E-state index >= 15 is 4.39 Å². The van der Waals surface area contributed by atoms with Crippen molar-refractivity contribution in [3.05, 3.63) is 65.7 Å². The van der Waals surface area contributed by atoms with Crippen molar-refractivity contribution in [1.82, 2.24) is 14.5 Å². The zero-order valence-corrected chi connectivity index (χ0v) is 22.3. The smallest absolute Gasteiger partial charge is 0.343 e. The highest BCUT2D eigenvalue weighted by Gasteiger charge is 2.44. The van der Waals surface area contributed by atoms with Crippen molar-refractivity contribution in [2.45, 2.75) is 55.6 Å². The van der Waals surface area contributed by atoms with E-state index in [0.29, 0.717) is 11.1 Å². The lowest BCUT2D eigenvalue weighted by atomic mass is 9.95. The number of aromatic nitrogens is 3. The third-order valence-electron chi connectivity index (χ3n) is 7.77. The van der Waals surface area contributed by atoms with Crippen LogP contribution in [0.1, 0.15) is 43.7 Å². The van der Waals surface area contributed by atoms with Crippen molar-refractivity contribution in [1.29, 1.82) is 5.26 Å². The molecule has 0 atom stereocenters. The normalized spacial score (nSPS) is 16.7. The molecule has 206 valence electrons. The Bertz CT molecular complexity index is 1750. The molecule has 1 aromatic heterocycles. The van der Waals surface area contributed by atoms with Crippen molar-refractivity contribution < 1.29 is 26.0 Å². The number of hydrogen-bond donors (Lipinski definition) is 0. The molecule has 2 aromatic rings. The SMILES string of the molecule is CCS(=O)(=O)c1cc(-c2ccc(C3(C#N)CC3)cc2)cnc1-c1nc2cc(C(F)(F)F)cn(CC3CC3)c-2c1F. The van der Waals surface area contributed by atoms with Crippen LogP contribution in [0.4, 0.5) is 17.6 Å². The highest BCUT2D eigenvalue weighted by Crippen LogP contribution is 2.48. The minimum absolute atomic E-state index is 0.109. The summed E-state index contributed by atoms with van der Waals surface area (Å²) >= 11 is 0. The molecule has 0 unspecified atom stereocenters. The molecule has 40 heavy (non-hydrogen) atoms. The molecule has 0 N–H and O–H groups in total. The Balaban J connectivity index is 1.49. The molecule has 0 radical (unpaired) electrons. The minimum atomic E-state index is -4.66. The average molecular weight is 569 g/mol. The summed E-state index contributed by atoms with van der Waals surface area (Å²) in [6.07, 6.45) is 0.881. The van der Waals surface area contributed by atoms with Crippen molar-refractivity contribution >= 4 is 9.84 Å². The largest absolute Gasteiger partial charge is 0.417 e. The van der Waals surface area contributed by atoms with E-state index < -0.39 is 38.5 Å². The molecule has 1 aromatic carbocycles.